The Morgan fingerprint density at radius 2 is 1.68 bits per heavy atom. The Labute approximate surface area is 146 Å². The van der Waals surface area contributed by atoms with Crippen molar-refractivity contribution in [3.8, 4) is 0 Å². The summed E-state index contributed by atoms with van der Waals surface area (Å²) >= 11 is 0. The third-order valence-electron chi connectivity index (χ3n) is 4.72. The van der Waals surface area contributed by atoms with Crippen LogP contribution in [0.4, 0.5) is 4.79 Å². The van der Waals surface area contributed by atoms with Crippen LogP contribution in [0.3, 0.4) is 0 Å². The summed E-state index contributed by atoms with van der Waals surface area (Å²) in [6.07, 6.45) is 0.413. The van der Waals surface area contributed by atoms with Crippen LogP contribution in [0.25, 0.3) is 0 Å². The van der Waals surface area contributed by atoms with Crippen molar-refractivity contribution in [2.45, 2.75) is 25.8 Å². The summed E-state index contributed by atoms with van der Waals surface area (Å²) in [5.41, 5.74) is 0.965. The lowest BCUT2D eigenvalue weighted by Gasteiger charge is -2.25. The lowest BCUT2D eigenvalue weighted by molar-refractivity contribution is -0.131. The highest BCUT2D eigenvalue weighted by Crippen LogP contribution is 2.32. The van der Waals surface area contributed by atoms with Gasteiger partial charge in [0.1, 0.15) is 5.54 Å². The molecule has 128 valence electrons. The van der Waals surface area contributed by atoms with Crippen LogP contribution in [0, 0.1) is 6.92 Å². The molecule has 0 saturated carbocycles. The third kappa shape index (κ3) is 2.82. The lowest BCUT2D eigenvalue weighted by atomic mass is 9.87. The average molecular weight is 336 g/mol. The van der Waals surface area contributed by atoms with Crippen LogP contribution in [-0.2, 0) is 10.3 Å². The standard InChI is InChI=1S/C20H20N2O3/c1-3-20(15-10-5-4-6-11-15)18(24)22(19(25)21-20)13-17(23)16-12-8-7-9-14(16)2/h4-12H,3,13H2,1-2H3,(H,21,25). The van der Waals surface area contributed by atoms with Gasteiger partial charge in [0.05, 0.1) is 6.54 Å². The van der Waals surface area contributed by atoms with E-state index in [-0.39, 0.29) is 18.2 Å². The van der Waals surface area contributed by atoms with Gasteiger partial charge in [-0.3, -0.25) is 14.5 Å². The summed E-state index contributed by atoms with van der Waals surface area (Å²) in [5, 5.41) is 2.79. The monoisotopic (exact) mass is 336 g/mol. The van der Waals surface area contributed by atoms with Crippen molar-refractivity contribution >= 4 is 17.7 Å². The zero-order chi connectivity index (χ0) is 18.0. The van der Waals surface area contributed by atoms with E-state index in [4.69, 9.17) is 0 Å². The Kier molecular flexibility index (Phi) is 4.40. The zero-order valence-electron chi connectivity index (χ0n) is 14.3. The average Bonchev–Trinajstić information content (AvgIpc) is 2.88. The predicted molar refractivity (Wildman–Crippen MR) is 94.2 cm³/mol. The van der Waals surface area contributed by atoms with E-state index in [9.17, 15) is 14.4 Å². The number of ketones is 1. The zero-order valence-corrected chi connectivity index (χ0v) is 14.3. The SMILES string of the molecule is CCC1(c2ccccc2)NC(=O)N(CC(=O)c2ccccc2C)C1=O. The first kappa shape index (κ1) is 16.9. The number of nitrogens with zero attached hydrogens (tertiary/aromatic N) is 1. The largest absolute Gasteiger partial charge is 0.325 e. The molecule has 0 radical (unpaired) electrons. The first-order valence-electron chi connectivity index (χ1n) is 8.28. The Balaban J connectivity index is 1.89. The fourth-order valence-corrected chi connectivity index (χ4v) is 3.25. The molecule has 1 aliphatic heterocycles. The summed E-state index contributed by atoms with van der Waals surface area (Å²) in [6.45, 7) is 3.42. The Morgan fingerprint density at radius 3 is 2.32 bits per heavy atom. The molecular formula is C20H20N2O3. The number of carbonyl (C=O) groups is 3. The van der Waals surface area contributed by atoms with Crippen molar-refractivity contribution in [2.75, 3.05) is 6.54 Å². The van der Waals surface area contributed by atoms with Gasteiger partial charge in [-0.2, -0.15) is 0 Å². The molecule has 0 aromatic heterocycles. The maximum Gasteiger partial charge on any atom is 0.325 e. The van der Waals surface area contributed by atoms with E-state index in [0.717, 1.165) is 16.0 Å². The molecular weight excluding hydrogens is 316 g/mol. The summed E-state index contributed by atoms with van der Waals surface area (Å²) in [7, 11) is 0. The second-order valence-electron chi connectivity index (χ2n) is 6.18. The molecule has 1 heterocycles. The van der Waals surface area contributed by atoms with Gasteiger partial charge in [-0.05, 0) is 24.5 Å². The molecule has 2 aromatic rings. The third-order valence-corrected chi connectivity index (χ3v) is 4.72. The maximum absolute atomic E-state index is 13.0. The van der Waals surface area contributed by atoms with E-state index < -0.39 is 11.6 Å². The van der Waals surface area contributed by atoms with Crippen LogP contribution in [0.2, 0.25) is 0 Å². The number of aryl methyl sites for hydroxylation is 1. The number of amides is 3. The van der Waals surface area contributed by atoms with E-state index in [1.807, 2.05) is 56.3 Å². The number of hydrogen-bond acceptors (Lipinski definition) is 3. The highest BCUT2D eigenvalue weighted by molar-refractivity contribution is 6.11. The molecule has 0 spiro atoms. The second-order valence-corrected chi connectivity index (χ2v) is 6.18. The van der Waals surface area contributed by atoms with Crippen molar-refractivity contribution in [3.63, 3.8) is 0 Å². The number of hydrogen-bond donors (Lipinski definition) is 1. The number of carbonyl (C=O) groups excluding carboxylic acids is 3. The van der Waals surface area contributed by atoms with E-state index in [1.54, 1.807) is 12.1 Å². The number of rotatable bonds is 5. The maximum atomic E-state index is 13.0. The van der Waals surface area contributed by atoms with Gasteiger partial charge >= 0.3 is 6.03 Å². The van der Waals surface area contributed by atoms with Crippen LogP contribution < -0.4 is 5.32 Å². The van der Waals surface area contributed by atoms with Gasteiger partial charge in [0.2, 0.25) is 0 Å². The fourth-order valence-electron chi connectivity index (χ4n) is 3.25. The second kappa shape index (κ2) is 6.51. The van der Waals surface area contributed by atoms with Crippen LogP contribution in [0.15, 0.2) is 54.6 Å². The minimum absolute atomic E-state index is 0.249. The van der Waals surface area contributed by atoms with E-state index in [2.05, 4.69) is 5.32 Å². The Morgan fingerprint density at radius 1 is 1.04 bits per heavy atom. The molecule has 3 rings (SSSR count). The molecule has 1 atom stereocenters. The quantitative estimate of drug-likeness (QED) is 0.674. The summed E-state index contributed by atoms with van der Waals surface area (Å²) in [5.74, 6) is -0.630. The van der Waals surface area contributed by atoms with E-state index >= 15 is 0 Å². The Hall–Kier alpha value is -2.95. The minimum atomic E-state index is -1.11. The number of urea groups is 1. The van der Waals surface area contributed by atoms with Crippen molar-refractivity contribution in [1.82, 2.24) is 10.2 Å². The molecule has 5 heteroatoms. The molecule has 3 amide bonds. The van der Waals surface area contributed by atoms with Gasteiger partial charge in [0.15, 0.2) is 5.78 Å². The van der Waals surface area contributed by atoms with Crippen molar-refractivity contribution in [2.24, 2.45) is 0 Å². The van der Waals surface area contributed by atoms with Crippen molar-refractivity contribution in [1.29, 1.82) is 0 Å². The van der Waals surface area contributed by atoms with Gasteiger partial charge in [-0.25, -0.2) is 4.79 Å². The van der Waals surface area contributed by atoms with E-state index in [0.29, 0.717) is 12.0 Å². The van der Waals surface area contributed by atoms with Gasteiger partial charge in [0.25, 0.3) is 5.91 Å². The molecule has 0 aliphatic carbocycles. The van der Waals surface area contributed by atoms with Gasteiger partial charge in [-0.1, -0.05) is 61.5 Å². The summed E-state index contributed by atoms with van der Waals surface area (Å²) in [4.78, 5) is 39.0. The highest BCUT2D eigenvalue weighted by atomic mass is 16.2. The Bertz CT molecular complexity index is 832. The lowest BCUT2D eigenvalue weighted by Crippen LogP contribution is -2.43. The van der Waals surface area contributed by atoms with Crippen LogP contribution >= 0.6 is 0 Å². The molecule has 25 heavy (non-hydrogen) atoms. The molecule has 1 fully saturated rings. The molecule has 1 N–H and O–H groups in total. The first-order valence-corrected chi connectivity index (χ1v) is 8.28. The van der Waals surface area contributed by atoms with Crippen molar-refractivity contribution < 1.29 is 14.4 Å². The number of imide groups is 1. The van der Waals surface area contributed by atoms with Crippen LogP contribution in [0.1, 0.15) is 34.8 Å². The summed E-state index contributed by atoms with van der Waals surface area (Å²) in [6, 6.07) is 15.8. The molecule has 2 aromatic carbocycles. The van der Waals surface area contributed by atoms with Gasteiger partial charge in [0, 0.05) is 5.56 Å². The number of benzene rings is 2. The topological polar surface area (TPSA) is 66.5 Å². The first-order chi connectivity index (χ1) is 12.0. The van der Waals surface area contributed by atoms with Crippen LogP contribution in [-0.4, -0.2) is 29.2 Å². The number of Topliss-reactive ketones (excluding diaryl/α,β-unsaturated/α-hetero) is 1. The highest BCUT2D eigenvalue weighted by Gasteiger charge is 2.51. The van der Waals surface area contributed by atoms with Gasteiger partial charge in [-0.15, -0.1) is 0 Å². The minimum Gasteiger partial charge on any atom is -0.319 e. The number of nitrogens with one attached hydrogen (secondary N) is 1. The normalized spacial score (nSPS) is 19.8. The molecule has 1 unspecified atom stereocenters. The van der Waals surface area contributed by atoms with Crippen molar-refractivity contribution in [3.05, 3.63) is 71.3 Å². The van der Waals surface area contributed by atoms with Gasteiger partial charge < -0.3 is 5.32 Å². The fraction of sp³-hybridized carbons (Fsp3) is 0.250. The molecule has 1 saturated heterocycles. The molecule has 0 bridgehead atoms. The predicted octanol–water partition coefficient (Wildman–Crippen LogP) is 3.04. The van der Waals surface area contributed by atoms with E-state index in [1.165, 1.54) is 0 Å². The summed E-state index contributed by atoms with van der Waals surface area (Å²) < 4.78 is 0. The molecule has 1 aliphatic rings. The van der Waals surface area contributed by atoms with Crippen LogP contribution in [0.5, 0.6) is 0 Å². The smallest absolute Gasteiger partial charge is 0.319 e. The molecule has 5 nitrogen and oxygen atoms in total.